The zero-order valence-electron chi connectivity index (χ0n) is 11.6. The molecule has 1 fully saturated rings. The summed E-state index contributed by atoms with van der Waals surface area (Å²) in [7, 11) is 0. The van der Waals surface area contributed by atoms with E-state index < -0.39 is 5.82 Å². The first-order valence-corrected chi connectivity index (χ1v) is 6.89. The average molecular weight is 281 g/mol. The van der Waals surface area contributed by atoms with E-state index in [0.717, 1.165) is 12.8 Å². The Morgan fingerprint density at radius 2 is 2.35 bits per heavy atom. The van der Waals surface area contributed by atoms with Crippen LogP contribution in [0.1, 0.15) is 30.9 Å². The van der Waals surface area contributed by atoms with E-state index in [4.69, 9.17) is 9.84 Å². The van der Waals surface area contributed by atoms with Crippen LogP contribution in [0.5, 0.6) is 0 Å². The molecular weight excluding hydrogens is 261 g/mol. The molecule has 1 heterocycles. The van der Waals surface area contributed by atoms with Gasteiger partial charge in [0.2, 0.25) is 5.91 Å². The van der Waals surface area contributed by atoms with E-state index in [0.29, 0.717) is 12.2 Å². The van der Waals surface area contributed by atoms with Crippen molar-refractivity contribution in [2.24, 2.45) is 5.92 Å². The van der Waals surface area contributed by atoms with Crippen molar-refractivity contribution in [3.05, 3.63) is 35.1 Å². The maximum absolute atomic E-state index is 13.5. The fourth-order valence-corrected chi connectivity index (χ4v) is 2.42. The maximum atomic E-state index is 13.5. The molecule has 2 unspecified atom stereocenters. The van der Waals surface area contributed by atoms with Crippen LogP contribution in [0.15, 0.2) is 18.2 Å². The highest BCUT2D eigenvalue weighted by molar-refractivity contribution is 5.79. The van der Waals surface area contributed by atoms with E-state index in [1.54, 1.807) is 6.07 Å². The van der Waals surface area contributed by atoms with Crippen molar-refractivity contribution < 1.29 is 19.0 Å². The number of amides is 1. The van der Waals surface area contributed by atoms with Gasteiger partial charge in [0.15, 0.2) is 0 Å². The molecule has 0 bridgehead atoms. The number of ether oxygens (including phenoxy) is 1. The SMILES string of the molecule is CC1OCCCC1C(=O)NCc1ccc(CO)c(F)c1. The van der Waals surface area contributed by atoms with E-state index in [2.05, 4.69) is 5.32 Å². The lowest BCUT2D eigenvalue weighted by molar-refractivity contribution is -0.133. The predicted octanol–water partition coefficient (Wildman–Crippen LogP) is 1.75. The van der Waals surface area contributed by atoms with Crippen molar-refractivity contribution in [1.82, 2.24) is 5.32 Å². The molecular formula is C15H20FNO3. The third-order valence-corrected chi connectivity index (χ3v) is 3.70. The van der Waals surface area contributed by atoms with E-state index >= 15 is 0 Å². The quantitative estimate of drug-likeness (QED) is 0.884. The van der Waals surface area contributed by atoms with Crippen molar-refractivity contribution in [3.63, 3.8) is 0 Å². The van der Waals surface area contributed by atoms with Crippen molar-refractivity contribution in [2.45, 2.75) is 39.0 Å². The van der Waals surface area contributed by atoms with Gasteiger partial charge in [-0.15, -0.1) is 0 Å². The summed E-state index contributed by atoms with van der Waals surface area (Å²) in [6, 6.07) is 4.57. The van der Waals surface area contributed by atoms with Gasteiger partial charge in [0.25, 0.3) is 0 Å². The molecule has 2 atom stereocenters. The van der Waals surface area contributed by atoms with Gasteiger partial charge in [0.05, 0.1) is 18.6 Å². The zero-order chi connectivity index (χ0) is 14.5. The molecule has 0 aromatic heterocycles. The van der Waals surface area contributed by atoms with Crippen LogP contribution < -0.4 is 5.32 Å². The summed E-state index contributed by atoms with van der Waals surface area (Å²) in [6.45, 7) is 2.57. The number of hydrogen-bond acceptors (Lipinski definition) is 3. The highest BCUT2D eigenvalue weighted by atomic mass is 19.1. The minimum Gasteiger partial charge on any atom is -0.392 e. The molecule has 0 spiro atoms. The smallest absolute Gasteiger partial charge is 0.225 e. The van der Waals surface area contributed by atoms with Crippen LogP contribution in [0, 0.1) is 11.7 Å². The molecule has 2 N–H and O–H groups in total. The summed E-state index contributed by atoms with van der Waals surface area (Å²) in [5, 5.41) is 11.7. The molecule has 1 aromatic rings. The lowest BCUT2D eigenvalue weighted by Crippen LogP contribution is -2.39. The Bertz CT molecular complexity index is 478. The minimum atomic E-state index is -0.450. The number of carbonyl (C=O) groups excluding carboxylic acids is 1. The van der Waals surface area contributed by atoms with Crippen molar-refractivity contribution in [1.29, 1.82) is 0 Å². The lowest BCUT2D eigenvalue weighted by atomic mass is 9.94. The molecule has 5 heteroatoms. The largest absolute Gasteiger partial charge is 0.392 e. The van der Waals surface area contributed by atoms with Crippen LogP contribution >= 0.6 is 0 Å². The van der Waals surface area contributed by atoms with Crippen LogP contribution in [0.3, 0.4) is 0 Å². The van der Waals surface area contributed by atoms with E-state index in [1.165, 1.54) is 12.1 Å². The molecule has 1 amide bonds. The summed E-state index contributed by atoms with van der Waals surface area (Å²) in [4.78, 5) is 12.1. The summed E-state index contributed by atoms with van der Waals surface area (Å²) in [5.41, 5.74) is 0.937. The second-order valence-corrected chi connectivity index (χ2v) is 5.13. The van der Waals surface area contributed by atoms with Crippen LogP contribution in [0.25, 0.3) is 0 Å². The van der Waals surface area contributed by atoms with Gasteiger partial charge in [-0.25, -0.2) is 4.39 Å². The summed E-state index contributed by atoms with van der Waals surface area (Å²) in [5.74, 6) is -0.636. The minimum absolute atomic E-state index is 0.0520. The second kappa shape index (κ2) is 6.81. The Balaban J connectivity index is 1.91. The number of benzene rings is 1. The van der Waals surface area contributed by atoms with Crippen molar-refractivity contribution in [3.8, 4) is 0 Å². The molecule has 2 rings (SSSR count). The molecule has 0 saturated carbocycles. The van der Waals surface area contributed by atoms with Crippen LogP contribution in [-0.4, -0.2) is 23.7 Å². The Kier molecular flexibility index (Phi) is 5.09. The Morgan fingerprint density at radius 1 is 1.55 bits per heavy atom. The van der Waals surface area contributed by atoms with Gasteiger partial charge in [-0.3, -0.25) is 4.79 Å². The van der Waals surface area contributed by atoms with Crippen LogP contribution in [-0.2, 0) is 22.7 Å². The number of carbonyl (C=O) groups is 1. The zero-order valence-corrected chi connectivity index (χ0v) is 11.6. The predicted molar refractivity (Wildman–Crippen MR) is 72.3 cm³/mol. The molecule has 20 heavy (non-hydrogen) atoms. The van der Waals surface area contributed by atoms with E-state index in [1.807, 2.05) is 6.92 Å². The first kappa shape index (κ1) is 14.9. The third kappa shape index (κ3) is 3.55. The molecule has 0 radical (unpaired) electrons. The van der Waals surface area contributed by atoms with Gasteiger partial charge in [-0.1, -0.05) is 12.1 Å². The number of halogens is 1. The van der Waals surface area contributed by atoms with Gasteiger partial charge in [0, 0.05) is 18.7 Å². The van der Waals surface area contributed by atoms with Gasteiger partial charge in [0.1, 0.15) is 5.82 Å². The van der Waals surface area contributed by atoms with Crippen molar-refractivity contribution in [2.75, 3.05) is 6.61 Å². The fourth-order valence-electron chi connectivity index (χ4n) is 2.42. The molecule has 1 aliphatic heterocycles. The number of rotatable bonds is 4. The molecule has 1 aliphatic rings. The number of aliphatic hydroxyl groups excluding tert-OH is 1. The Hall–Kier alpha value is -1.46. The molecule has 110 valence electrons. The van der Waals surface area contributed by atoms with Gasteiger partial charge in [-0.05, 0) is 31.4 Å². The molecule has 4 nitrogen and oxygen atoms in total. The normalized spacial score (nSPS) is 22.6. The van der Waals surface area contributed by atoms with Crippen molar-refractivity contribution >= 4 is 5.91 Å². The second-order valence-electron chi connectivity index (χ2n) is 5.13. The summed E-state index contributed by atoms with van der Waals surface area (Å²) >= 11 is 0. The average Bonchev–Trinajstić information content (AvgIpc) is 2.45. The van der Waals surface area contributed by atoms with Crippen LogP contribution in [0.2, 0.25) is 0 Å². The standard InChI is InChI=1S/C15H20FNO3/c1-10-13(3-2-6-20-10)15(19)17-8-11-4-5-12(9-18)14(16)7-11/h4-5,7,10,13,18H,2-3,6,8-9H2,1H3,(H,17,19). The first-order chi connectivity index (χ1) is 9.61. The third-order valence-electron chi connectivity index (χ3n) is 3.70. The highest BCUT2D eigenvalue weighted by Crippen LogP contribution is 2.20. The van der Waals surface area contributed by atoms with E-state index in [-0.39, 0.29) is 36.6 Å². The van der Waals surface area contributed by atoms with Gasteiger partial charge in [-0.2, -0.15) is 0 Å². The Labute approximate surface area is 117 Å². The first-order valence-electron chi connectivity index (χ1n) is 6.89. The molecule has 1 aromatic carbocycles. The summed E-state index contributed by atoms with van der Waals surface area (Å²) in [6.07, 6.45) is 1.64. The number of aliphatic hydroxyl groups is 1. The van der Waals surface area contributed by atoms with Crippen LogP contribution in [0.4, 0.5) is 4.39 Å². The van der Waals surface area contributed by atoms with E-state index in [9.17, 15) is 9.18 Å². The number of hydrogen-bond donors (Lipinski definition) is 2. The maximum Gasteiger partial charge on any atom is 0.225 e. The molecule has 0 aliphatic carbocycles. The van der Waals surface area contributed by atoms with Gasteiger partial charge < -0.3 is 15.2 Å². The molecule has 1 saturated heterocycles. The Morgan fingerprint density at radius 3 is 3.00 bits per heavy atom. The summed E-state index contributed by atoms with van der Waals surface area (Å²) < 4.78 is 19.0. The topological polar surface area (TPSA) is 58.6 Å². The highest BCUT2D eigenvalue weighted by Gasteiger charge is 2.28. The lowest BCUT2D eigenvalue weighted by Gasteiger charge is -2.28. The fraction of sp³-hybridized carbons (Fsp3) is 0.533. The van der Waals surface area contributed by atoms with Gasteiger partial charge >= 0.3 is 0 Å². The monoisotopic (exact) mass is 281 g/mol. The number of nitrogens with one attached hydrogen (secondary N) is 1.